The molecule has 0 saturated carbocycles. The molecule has 0 spiro atoms. The summed E-state index contributed by atoms with van der Waals surface area (Å²) in [5.41, 5.74) is 0.0596. The molecule has 0 bridgehead atoms. The third-order valence-corrected chi connectivity index (χ3v) is 2.59. The lowest BCUT2D eigenvalue weighted by Crippen LogP contribution is -2.32. The molecule has 0 fully saturated rings. The number of phenolic OH excluding ortho intramolecular Hbond substituents is 1. The third kappa shape index (κ3) is 6.48. The van der Waals surface area contributed by atoms with Crippen molar-refractivity contribution in [3.63, 3.8) is 0 Å². The van der Waals surface area contributed by atoms with Crippen molar-refractivity contribution in [1.82, 2.24) is 5.32 Å². The minimum Gasteiger partial charge on any atom is -0.507 e. The summed E-state index contributed by atoms with van der Waals surface area (Å²) in [6.07, 6.45) is 0.0279. The average Bonchev–Trinajstić information content (AvgIpc) is 2.28. The number of hydrogen-bond donors (Lipinski definition) is 2. The van der Waals surface area contributed by atoms with Crippen LogP contribution in [0.4, 0.5) is 4.79 Å². The van der Waals surface area contributed by atoms with Crippen molar-refractivity contribution < 1.29 is 14.6 Å². The zero-order valence-electron chi connectivity index (χ0n) is 11.8. The van der Waals surface area contributed by atoms with Gasteiger partial charge in [-0.3, -0.25) is 0 Å². The van der Waals surface area contributed by atoms with E-state index in [-0.39, 0.29) is 5.75 Å². The average molecular weight is 340 g/mol. The van der Waals surface area contributed by atoms with E-state index < -0.39 is 11.7 Å². The van der Waals surface area contributed by atoms with Gasteiger partial charge >= 0.3 is 6.09 Å². The Morgan fingerprint density at radius 3 is 2.75 bits per heavy atom. The second kappa shape index (κ2) is 7.20. The second-order valence-electron chi connectivity index (χ2n) is 5.14. The maximum absolute atomic E-state index is 11.4. The minimum atomic E-state index is -0.501. The Morgan fingerprint density at radius 2 is 2.15 bits per heavy atom. The predicted octanol–water partition coefficient (Wildman–Crippen LogP) is 3.42. The number of nitrogens with one attached hydrogen (secondary N) is 1. The van der Waals surface area contributed by atoms with Gasteiger partial charge in [0.2, 0.25) is 0 Å². The molecule has 0 aliphatic heterocycles. The number of ether oxygens (including phenoxy) is 1. The zero-order valence-corrected chi connectivity index (χ0v) is 13.4. The number of phenols is 1. The van der Waals surface area contributed by atoms with Gasteiger partial charge in [0, 0.05) is 17.4 Å². The summed E-state index contributed by atoms with van der Waals surface area (Å²) in [4.78, 5) is 11.4. The van der Waals surface area contributed by atoms with E-state index >= 15 is 0 Å². The van der Waals surface area contributed by atoms with E-state index in [4.69, 9.17) is 4.74 Å². The molecule has 0 aromatic heterocycles. The smallest absolute Gasteiger partial charge is 0.407 e. The number of halogens is 1. The van der Waals surface area contributed by atoms with E-state index in [9.17, 15) is 9.90 Å². The minimum absolute atomic E-state index is 0.131. The lowest BCUT2D eigenvalue weighted by atomic mass is 10.2. The van der Waals surface area contributed by atoms with Crippen molar-refractivity contribution >= 4 is 22.0 Å². The van der Waals surface area contributed by atoms with Gasteiger partial charge in [-0.1, -0.05) is 27.8 Å². The summed E-state index contributed by atoms with van der Waals surface area (Å²) < 4.78 is 5.89. The molecule has 1 aromatic carbocycles. The summed E-state index contributed by atoms with van der Waals surface area (Å²) in [5.74, 6) is 5.87. The molecule has 1 aromatic rings. The number of aromatic hydroxyl groups is 1. The molecule has 0 aliphatic rings. The molecular formula is C15H18BrNO3. The second-order valence-corrected chi connectivity index (χ2v) is 6.06. The van der Waals surface area contributed by atoms with E-state index in [1.54, 1.807) is 12.1 Å². The number of carbonyl (C=O) groups is 1. The van der Waals surface area contributed by atoms with E-state index in [1.807, 2.05) is 26.8 Å². The van der Waals surface area contributed by atoms with Crippen LogP contribution in [0.25, 0.3) is 0 Å². The van der Waals surface area contributed by atoms with Crippen LogP contribution in [0, 0.1) is 11.8 Å². The maximum atomic E-state index is 11.4. The van der Waals surface area contributed by atoms with Crippen molar-refractivity contribution in [1.29, 1.82) is 0 Å². The Bertz CT molecular complexity index is 538. The molecule has 4 nitrogen and oxygen atoms in total. The maximum Gasteiger partial charge on any atom is 0.407 e. The summed E-state index contributed by atoms with van der Waals surface area (Å²) in [5, 5.41) is 12.3. The van der Waals surface area contributed by atoms with Crippen molar-refractivity contribution in [2.24, 2.45) is 0 Å². The Balaban J connectivity index is 2.38. The quantitative estimate of drug-likeness (QED) is 0.641. The number of benzene rings is 1. The van der Waals surface area contributed by atoms with Crippen molar-refractivity contribution in [3.05, 3.63) is 28.2 Å². The first-order valence-corrected chi connectivity index (χ1v) is 7.01. The van der Waals surface area contributed by atoms with Crippen LogP contribution in [0.2, 0.25) is 0 Å². The van der Waals surface area contributed by atoms with Crippen LogP contribution in [0.15, 0.2) is 22.7 Å². The molecule has 0 aliphatic carbocycles. The fourth-order valence-electron chi connectivity index (χ4n) is 1.31. The molecule has 2 N–H and O–H groups in total. The topological polar surface area (TPSA) is 58.6 Å². The van der Waals surface area contributed by atoms with Crippen molar-refractivity contribution in [2.45, 2.75) is 32.8 Å². The standard InChI is InChI=1S/C15H18BrNO3/c1-15(2,3)20-14(19)17-9-5-4-6-11-7-8-12(16)10-13(11)18/h7-8,10,18H,5,9H2,1-3H3,(H,17,19). The van der Waals surface area contributed by atoms with Gasteiger partial charge in [-0.2, -0.15) is 0 Å². The fraction of sp³-hybridized carbons (Fsp3) is 0.400. The van der Waals surface area contributed by atoms with Gasteiger partial charge in [-0.25, -0.2) is 4.79 Å². The highest BCUT2D eigenvalue weighted by Crippen LogP contribution is 2.21. The number of hydrogen-bond acceptors (Lipinski definition) is 3. The lowest BCUT2D eigenvalue weighted by molar-refractivity contribution is 0.0529. The molecule has 0 atom stereocenters. The first kappa shape index (κ1) is 16.4. The fourth-order valence-corrected chi connectivity index (χ4v) is 1.66. The van der Waals surface area contributed by atoms with E-state index in [0.29, 0.717) is 18.5 Å². The van der Waals surface area contributed by atoms with Crippen LogP contribution in [-0.4, -0.2) is 23.3 Å². The van der Waals surface area contributed by atoms with Gasteiger partial charge in [0.25, 0.3) is 0 Å². The molecule has 1 rings (SSSR count). The highest BCUT2D eigenvalue weighted by atomic mass is 79.9. The molecule has 0 unspecified atom stereocenters. The Labute approximate surface area is 127 Å². The number of rotatable bonds is 2. The van der Waals surface area contributed by atoms with Gasteiger partial charge in [0.05, 0.1) is 5.56 Å². The highest BCUT2D eigenvalue weighted by molar-refractivity contribution is 9.10. The molecule has 5 heteroatoms. The van der Waals surface area contributed by atoms with E-state index in [0.717, 1.165) is 4.47 Å². The number of amides is 1. The monoisotopic (exact) mass is 339 g/mol. The van der Waals surface area contributed by atoms with Crippen LogP contribution in [0.3, 0.4) is 0 Å². The Morgan fingerprint density at radius 1 is 1.45 bits per heavy atom. The van der Waals surface area contributed by atoms with Crippen molar-refractivity contribution in [3.8, 4) is 17.6 Å². The van der Waals surface area contributed by atoms with Gasteiger partial charge in [-0.05, 0) is 39.0 Å². The van der Waals surface area contributed by atoms with Crippen LogP contribution in [0.5, 0.6) is 5.75 Å². The molecule has 0 radical (unpaired) electrons. The predicted molar refractivity (Wildman–Crippen MR) is 81.5 cm³/mol. The highest BCUT2D eigenvalue weighted by Gasteiger charge is 2.15. The summed E-state index contributed by atoms with van der Waals surface area (Å²) in [6, 6.07) is 5.12. The molecule has 1 amide bonds. The van der Waals surface area contributed by atoms with Gasteiger partial charge in [0.15, 0.2) is 0 Å². The van der Waals surface area contributed by atoms with Crippen LogP contribution < -0.4 is 5.32 Å². The third-order valence-electron chi connectivity index (χ3n) is 2.10. The summed E-state index contributed by atoms with van der Waals surface area (Å²) in [6.45, 7) is 5.83. The SMILES string of the molecule is CC(C)(C)OC(=O)NCCC#Cc1ccc(Br)cc1O. The molecule has 108 valence electrons. The van der Waals surface area contributed by atoms with Crippen LogP contribution in [0.1, 0.15) is 32.8 Å². The molecule has 20 heavy (non-hydrogen) atoms. The summed E-state index contributed by atoms with van der Waals surface area (Å²) in [7, 11) is 0. The van der Waals surface area contributed by atoms with E-state index in [1.165, 1.54) is 0 Å². The Kier molecular flexibility index (Phi) is 5.90. The van der Waals surface area contributed by atoms with Crippen LogP contribution in [-0.2, 0) is 4.74 Å². The molecule has 0 saturated heterocycles. The Hall–Kier alpha value is -1.67. The number of alkyl carbamates (subject to hydrolysis) is 1. The van der Waals surface area contributed by atoms with Gasteiger partial charge < -0.3 is 15.2 Å². The normalized spacial score (nSPS) is 10.4. The van der Waals surface area contributed by atoms with Gasteiger partial charge in [-0.15, -0.1) is 0 Å². The van der Waals surface area contributed by atoms with Crippen LogP contribution >= 0.6 is 15.9 Å². The molecule has 0 heterocycles. The first-order valence-electron chi connectivity index (χ1n) is 6.22. The van der Waals surface area contributed by atoms with Gasteiger partial charge in [0.1, 0.15) is 11.4 Å². The first-order chi connectivity index (χ1) is 9.28. The largest absolute Gasteiger partial charge is 0.507 e. The lowest BCUT2D eigenvalue weighted by Gasteiger charge is -2.19. The molecular weight excluding hydrogens is 322 g/mol. The summed E-state index contributed by atoms with van der Waals surface area (Å²) >= 11 is 3.26. The van der Waals surface area contributed by atoms with Crippen molar-refractivity contribution in [2.75, 3.05) is 6.54 Å². The van der Waals surface area contributed by atoms with E-state index in [2.05, 4.69) is 33.1 Å². The number of carbonyl (C=O) groups excluding carboxylic acids is 1. The zero-order chi connectivity index (χ0) is 15.2.